The fourth-order valence-electron chi connectivity index (χ4n) is 2.20. The van der Waals surface area contributed by atoms with Gasteiger partial charge in [-0.25, -0.2) is 4.57 Å². The Morgan fingerprint density at radius 2 is 1.87 bits per heavy atom. The van der Waals surface area contributed by atoms with Crippen LogP contribution in [0.15, 0.2) is 48.6 Å². The van der Waals surface area contributed by atoms with Crippen LogP contribution in [0.25, 0.3) is 6.08 Å². The van der Waals surface area contributed by atoms with Gasteiger partial charge >= 0.3 is 18.0 Å². The van der Waals surface area contributed by atoms with Crippen molar-refractivity contribution >= 4 is 12.0 Å². The van der Waals surface area contributed by atoms with Crippen molar-refractivity contribution in [2.75, 3.05) is 12.0 Å². The molecule has 0 saturated heterocycles. The van der Waals surface area contributed by atoms with Gasteiger partial charge < -0.3 is 4.74 Å². The van der Waals surface area contributed by atoms with Crippen LogP contribution in [0.5, 0.6) is 5.75 Å². The van der Waals surface area contributed by atoms with Crippen LogP contribution >= 0.6 is 0 Å². The highest BCUT2D eigenvalue weighted by atomic mass is 19.4. The molecule has 0 bridgehead atoms. The lowest BCUT2D eigenvalue weighted by Gasteiger charge is -2.27. The summed E-state index contributed by atoms with van der Waals surface area (Å²) in [5.41, 5.74) is 3.03. The number of imidazole rings is 1. The van der Waals surface area contributed by atoms with Crippen molar-refractivity contribution in [3.63, 3.8) is 0 Å². The molecule has 1 heterocycles. The number of ether oxygens (including phenoxy) is 1. The van der Waals surface area contributed by atoms with Gasteiger partial charge in [0.2, 0.25) is 0 Å². The van der Waals surface area contributed by atoms with Gasteiger partial charge in [-0.1, -0.05) is 12.1 Å². The van der Waals surface area contributed by atoms with E-state index in [1.165, 1.54) is 29.8 Å². The lowest BCUT2D eigenvalue weighted by Crippen LogP contribution is -2.54. The molecule has 12 heteroatoms. The molecule has 30 heavy (non-hydrogen) atoms. The van der Waals surface area contributed by atoms with Gasteiger partial charge in [0.05, 0.1) is 7.05 Å². The number of aromatic nitrogens is 2. The first-order chi connectivity index (χ1) is 13.7. The Hall–Kier alpha value is -3.05. The summed E-state index contributed by atoms with van der Waals surface area (Å²) in [6, 6.07) is 4.99. The molecule has 0 saturated carbocycles. The molecule has 5 nitrogen and oxygen atoms in total. The zero-order valence-electron chi connectivity index (χ0n) is 15.7. The molecule has 0 atom stereocenters. The van der Waals surface area contributed by atoms with E-state index in [2.05, 4.69) is 10.2 Å². The highest BCUT2D eigenvalue weighted by Gasteiger charge is 2.73. The van der Waals surface area contributed by atoms with Crippen LogP contribution in [0.2, 0.25) is 0 Å². The topological polar surface area (TPSA) is 47.1 Å². The van der Waals surface area contributed by atoms with Crippen LogP contribution in [-0.4, -0.2) is 35.2 Å². The number of nitrogens with one attached hydrogen (secondary N) is 1. The first-order valence-corrected chi connectivity index (χ1v) is 8.31. The average Bonchev–Trinajstić information content (AvgIpc) is 3.04. The minimum absolute atomic E-state index is 0.206. The van der Waals surface area contributed by atoms with Crippen LogP contribution in [-0.2, 0) is 11.8 Å². The highest BCUT2D eigenvalue weighted by molar-refractivity contribution is 6.02. The highest BCUT2D eigenvalue weighted by Crippen LogP contribution is 2.46. The van der Waals surface area contributed by atoms with Gasteiger partial charge in [0.1, 0.15) is 11.9 Å². The molecule has 0 fully saturated rings. The Morgan fingerprint density at radius 3 is 2.43 bits per heavy atom. The molecule has 0 unspecified atom stereocenters. The van der Waals surface area contributed by atoms with Crippen LogP contribution < -0.4 is 14.7 Å². The number of benzene rings is 1. The average molecular weight is 440 g/mol. The lowest BCUT2D eigenvalue weighted by molar-refractivity contribution is -0.670. The van der Waals surface area contributed by atoms with Crippen molar-refractivity contribution in [3.8, 4) is 5.75 Å². The van der Waals surface area contributed by atoms with Gasteiger partial charge in [0.25, 0.3) is 12.2 Å². The molecule has 0 spiro atoms. The van der Waals surface area contributed by atoms with Gasteiger partial charge in [-0.05, 0) is 30.7 Å². The summed E-state index contributed by atoms with van der Waals surface area (Å²) in [6.07, 6.45) is -0.231. The van der Waals surface area contributed by atoms with E-state index in [0.29, 0.717) is 0 Å². The molecule has 1 aromatic carbocycles. The zero-order chi connectivity index (χ0) is 22.7. The smallest absolute Gasteiger partial charge is 0.460 e. The first kappa shape index (κ1) is 23.2. The standard InChI is InChI=1S/C18H16F7N3O2/c1-12(15(29)26-28-7-6-27(2)11-28)8-13-4-3-5-14(9-13)30-10-16(19,20)17(21,22)18(23,24)25/h3-9,11H,10H2,1-2H3/p+1/b12-8+. The Morgan fingerprint density at radius 1 is 1.20 bits per heavy atom. The van der Waals surface area contributed by atoms with Crippen molar-refractivity contribution < 1.29 is 44.8 Å². The Bertz CT molecular complexity index is 936. The van der Waals surface area contributed by atoms with E-state index >= 15 is 0 Å². The molecule has 1 aromatic heterocycles. The van der Waals surface area contributed by atoms with Crippen LogP contribution in [0, 0.1) is 0 Å². The number of carbonyl (C=O) groups is 1. The number of hydrogen-bond donors (Lipinski definition) is 1. The third-order valence-electron chi connectivity index (χ3n) is 3.83. The van der Waals surface area contributed by atoms with Crippen LogP contribution in [0.4, 0.5) is 30.7 Å². The maximum Gasteiger partial charge on any atom is 0.460 e. The summed E-state index contributed by atoms with van der Waals surface area (Å²) in [5.74, 6) is -12.6. The molecule has 1 N–H and O–H groups in total. The monoisotopic (exact) mass is 440 g/mol. The van der Waals surface area contributed by atoms with Crippen molar-refractivity contribution in [1.82, 2.24) is 4.68 Å². The Kier molecular flexibility index (Phi) is 6.48. The quantitative estimate of drug-likeness (QED) is 0.406. The second-order valence-electron chi connectivity index (χ2n) is 6.39. The summed E-state index contributed by atoms with van der Waals surface area (Å²) in [5, 5.41) is 0. The fourth-order valence-corrected chi connectivity index (χ4v) is 2.20. The predicted molar refractivity (Wildman–Crippen MR) is 91.5 cm³/mol. The van der Waals surface area contributed by atoms with E-state index in [1.54, 1.807) is 30.3 Å². The predicted octanol–water partition coefficient (Wildman–Crippen LogP) is 3.70. The summed E-state index contributed by atoms with van der Waals surface area (Å²) < 4.78 is 96.5. The maximum atomic E-state index is 13.3. The van der Waals surface area contributed by atoms with E-state index in [1.807, 2.05) is 0 Å². The van der Waals surface area contributed by atoms with Gasteiger partial charge in [-0.15, -0.1) is 4.68 Å². The van der Waals surface area contributed by atoms with E-state index in [9.17, 15) is 35.5 Å². The first-order valence-electron chi connectivity index (χ1n) is 8.31. The molecule has 2 rings (SSSR count). The largest absolute Gasteiger partial charge is 0.487 e. The second-order valence-corrected chi connectivity index (χ2v) is 6.39. The summed E-state index contributed by atoms with van der Waals surface area (Å²) in [4.78, 5) is 12.1. The minimum atomic E-state index is -6.42. The van der Waals surface area contributed by atoms with E-state index < -0.39 is 30.5 Å². The molecule has 164 valence electrons. The maximum absolute atomic E-state index is 13.3. The molecule has 2 aromatic rings. The minimum Gasteiger partial charge on any atom is -0.487 e. The third-order valence-corrected chi connectivity index (χ3v) is 3.83. The lowest BCUT2D eigenvalue weighted by atomic mass is 10.1. The van der Waals surface area contributed by atoms with Crippen molar-refractivity contribution in [3.05, 3.63) is 54.1 Å². The summed E-state index contributed by atoms with van der Waals surface area (Å²) in [7, 11) is 1.74. The number of hydrogen-bond acceptors (Lipinski definition) is 2. The number of aryl methyl sites for hydroxylation is 1. The van der Waals surface area contributed by atoms with Crippen LogP contribution in [0.3, 0.4) is 0 Å². The van der Waals surface area contributed by atoms with Crippen LogP contribution in [0.1, 0.15) is 12.5 Å². The number of rotatable bonds is 7. The number of amides is 1. The molecule has 0 aliphatic rings. The number of nitrogens with zero attached hydrogens (tertiary/aromatic N) is 2. The Balaban J connectivity index is 2.08. The van der Waals surface area contributed by atoms with E-state index in [-0.39, 0.29) is 16.9 Å². The van der Waals surface area contributed by atoms with Gasteiger partial charge in [-0.3, -0.25) is 4.79 Å². The number of alkyl halides is 7. The SMILES string of the molecule is C/C(=C\c1cccc(OCC(F)(F)C(F)(F)C(F)(F)F)c1)C(=O)Nn1cc[n+](C)c1. The summed E-state index contributed by atoms with van der Waals surface area (Å²) in [6.45, 7) is -0.721. The van der Waals surface area contributed by atoms with Gasteiger partial charge in [-0.2, -0.15) is 36.2 Å². The number of carbonyl (C=O) groups excluding carboxylic acids is 1. The number of halogens is 7. The van der Waals surface area contributed by atoms with Crippen molar-refractivity contribution in [1.29, 1.82) is 0 Å². The molecule has 0 aliphatic carbocycles. The van der Waals surface area contributed by atoms with Crippen molar-refractivity contribution in [2.45, 2.75) is 24.9 Å². The van der Waals surface area contributed by atoms with Gasteiger partial charge in [0.15, 0.2) is 12.8 Å². The zero-order valence-corrected chi connectivity index (χ0v) is 15.7. The molecule has 0 radical (unpaired) electrons. The molecule has 0 aliphatic heterocycles. The second kappa shape index (κ2) is 8.36. The molecule has 1 amide bonds. The third kappa shape index (κ3) is 5.30. The van der Waals surface area contributed by atoms with Gasteiger partial charge in [0, 0.05) is 5.57 Å². The summed E-state index contributed by atoms with van der Waals surface area (Å²) >= 11 is 0. The van der Waals surface area contributed by atoms with E-state index in [4.69, 9.17) is 0 Å². The molecular formula is C18H17F7N3O2+. The Labute approximate surface area is 166 Å². The fraction of sp³-hybridized carbons (Fsp3) is 0.333. The normalized spacial score (nSPS) is 13.3. The van der Waals surface area contributed by atoms with Crippen molar-refractivity contribution in [2.24, 2.45) is 7.05 Å². The van der Waals surface area contributed by atoms with E-state index in [0.717, 1.165) is 12.1 Å². The molecular weight excluding hydrogens is 423 g/mol.